The van der Waals surface area contributed by atoms with Gasteiger partial charge in [-0.2, -0.15) is 5.10 Å². The summed E-state index contributed by atoms with van der Waals surface area (Å²) in [5.41, 5.74) is 3.52. The molecule has 0 amide bonds. The van der Waals surface area contributed by atoms with Gasteiger partial charge in [0.25, 0.3) is 0 Å². The van der Waals surface area contributed by atoms with Crippen LogP contribution in [0.2, 0.25) is 0 Å². The fraction of sp³-hybridized carbons (Fsp3) is 0.385. The van der Waals surface area contributed by atoms with Gasteiger partial charge in [-0.15, -0.1) is 6.58 Å². The van der Waals surface area contributed by atoms with Gasteiger partial charge in [0, 0.05) is 56.4 Å². The van der Waals surface area contributed by atoms with E-state index < -0.39 is 0 Å². The minimum Gasteiger partial charge on any atom is -0.354 e. The molecule has 9 nitrogen and oxygen atoms in total. The molecule has 4 aromatic heterocycles. The van der Waals surface area contributed by atoms with Gasteiger partial charge in [0.1, 0.15) is 5.82 Å². The van der Waals surface area contributed by atoms with Crippen molar-refractivity contribution in [2.45, 2.75) is 40.7 Å². The predicted molar refractivity (Wildman–Crippen MR) is 144 cm³/mol. The highest BCUT2D eigenvalue weighted by Crippen LogP contribution is 2.25. The maximum Gasteiger partial charge on any atom is 0.180 e. The molecule has 9 heteroatoms. The highest BCUT2D eigenvalue weighted by Gasteiger charge is 2.19. The first-order chi connectivity index (χ1) is 17.1. The van der Waals surface area contributed by atoms with Crippen molar-refractivity contribution in [3.05, 3.63) is 62.0 Å². The van der Waals surface area contributed by atoms with E-state index in [4.69, 9.17) is 0 Å². The molecule has 0 aromatic carbocycles. The molecule has 0 spiro atoms. The number of imidazole rings is 1. The Hall–Kier alpha value is -3.72. The molecule has 186 valence electrons. The molecular weight excluding hydrogens is 438 g/mol. The van der Waals surface area contributed by atoms with Crippen LogP contribution in [-0.4, -0.2) is 66.7 Å². The number of pyridine rings is 1. The van der Waals surface area contributed by atoms with Crippen LogP contribution in [0.5, 0.6) is 0 Å². The number of hydrogen-bond donors (Lipinski definition) is 2. The van der Waals surface area contributed by atoms with Gasteiger partial charge in [0.15, 0.2) is 11.5 Å². The van der Waals surface area contributed by atoms with Crippen LogP contribution in [0.1, 0.15) is 34.6 Å². The van der Waals surface area contributed by atoms with E-state index >= 15 is 0 Å². The summed E-state index contributed by atoms with van der Waals surface area (Å²) in [5, 5.41) is 10.2. The normalized spacial score (nSPS) is 13.6. The first-order valence-electron chi connectivity index (χ1n) is 12.2. The van der Waals surface area contributed by atoms with Gasteiger partial charge in [-0.3, -0.25) is 14.4 Å². The lowest BCUT2D eigenvalue weighted by Gasteiger charge is -2.37. The Balaban J connectivity index is 0.000000638. The average Bonchev–Trinajstić information content (AvgIpc) is 3.60. The number of fused-ring (bicyclic) bond motifs is 1. The molecule has 0 atom stereocenters. The molecule has 0 unspecified atom stereocenters. The van der Waals surface area contributed by atoms with Crippen molar-refractivity contribution in [3.8, 4) is 11.3 Å². The zero-order valence-corrected chi connectivity index (χ0v) is 21.4. The van der Waals surface area contributed by atoms with Crippen LogP contribution in [0.25, 0.3) is 16.9 Å². The van der Waals surface area contributed by atoms with Crippen molar-refractivity contribution < 1.29 is 0 Å². The van der Waals surface area contributed by atoms with Gasteiger partial charge in [-0.1, -0.05) is 19.9 Å². The molecule has 0 radical (unpaired) electrons. The third kappa shape index (κ3) is 6.24. The van der Waals surface area contributed by atoms with E-state index in [1.54, 1.807) is 18.5 Å². The summed E-state index contributed by atoms with van der Waals surface area (Å²) in [5.74, 6) is 1.70. The van der Waals surface area contributed by atoms with Gasteiger partial charge >= 0.3 is 0 Å². The molecule has 0 saturated carbocycles. The molecule has 2 N–H and O–H groups in total. The lowest BCUT2D eigenvalue weighted by molar-refractivity contribution is 0.209. The van der Waals surface area contributed by atoms with Crippen molar-refractivity contribution in [1.82, 2.24) is 34.4 Å². The SMILES string of the molecule is C=CC.CC.CC(C)N1CCN(c2ccc(Nc3ncc(-c4cn[nH]c4)n4ccnc34)cn2)CC1. The minimum absolute atomic E-state index is 0.596. The number of piperazine rings is 1. The quantitative estimate of drug-likeness (QED) is 0.392. The molecule has 4 aromatic rings. The average molecular weight is 476 g/mol. The fourth-order valence-electron chi connectivity index (χ4n) is 3.86. The summed E-state index contributed by atoms with van der Waals surface area (Å²) in [7, 11) is 0. The van der Waals surface area contributed by atoms with Crippen LogP contribution in [0.4, 0.5) is 17.3 Å². The van der Waals surface area contributed by atoms with Crippen molar-refractivity contribution in [3.63, 3.8) is 0 Å². The second-order valence-electron chi connectivity index (χ2n) is 8.15. The Labute approximate surface area is 207 Å². The molecule has 0 aliphatic carbocycles. The Morgan fingerprint density at radius 3 is 2.37 bits per heavy atom. The van der Waals surface area contributed by atoms with E-state index in [-0.39, 0.29) is 0 Å². The first kappa shape index (κ1) is 25.9. The summed E-state index contributed by atoms with van der Waals surface area (Å²) >= 11 is 0. The maximum atomic E-state index is 4.67. The highest BCUT2D eigenvalue weighted by molar-refractivity contribution is 5.73. The standard InChI is InChI=1S/C21H25N9.C3H6.C2H6/c1-15(2)28-7-9-29(10-8-28)19-4-3-17(13-23-19)27-20-21-22-5-6-30(21)18(14-24-20)16-11-25-26-12-16;1-3-2;1-2/h3-6,11-15H,7-10H2,1-2H3,(H,24,27)(H,25,26);3H,1H2,2H3;1-2H3. The Morgan fingerprint density at radius 2 is 1.77 bits per heavy atom. The number of allylic oxidation sites excluding steroid dienone is 1. The number of nitrogens with zero attached hydrogens (tertiary/aromatic N) is 7. The van der Waals surface area contributed by atoms with Crippen molar-refractivity contribution >= 4 is 23.0 Å². The monoisotopic (exact) mass is 475 g/mol. The molecule has 1 fully saturated rings. The third-order valence-electron chi connectivity index (χ3n) is 5.60. The fourth-order valence-corrected chi connectivity index (χ4v) is 3.86. The molecule has 1 aliphatic rings. The number of anilines is 3. The first-order valence-corrected chi connectivity index (χ1v) is 12.2. The molecule has 5 heterocycles. The van der Waals surface area contributed by atoms with E-state index in [1.807, 2.05) is 56.0 Å². The van der Waals surface area contributed by atoms with E-state index in [9.17, 15) is 0 Å². The van der Waals surface area contributed by atoms with Crippen LogP contribution < -0.4 is 10.2 Å². The Bertz CT molecular complexity index is 1160. The maximum absolute atomic E-state index is 4.67. The van der Waals surface area contributed by atoms with Gasteiger partial charge in [-0.05, 0) is 32.9 Å². The molecule has 0 bridgehead atoms. The van der Waals surface area contributed by atoms with Crippen molar-refractivity contribution in [2.24, 2.45) is 0 Å². The summed E-state index contributed by atoms with van der Waals surface area (Å²) in [6.07, 6.45) is 12.7. The molecule has 1 saturated heterocycles. The number of hydrogen-bond acceptors (Lipinski definition) is 7. The smallest absolute Gasteiger partial charge is 0.180 e. The van der Waals surface area contributed by atoms with Crippen molar-refractivity contribution in [1.29, 1.82) is 0 Å². The van der Waals surface area contributed by atoms with Gasteiger partial charge < -0.3 is 10.2 Å². The lowest BCUT2D eigenvalue weighted by atomic mass is 10.2. The van der Waals surface area contributed by atoms with Crippen LogP contribution >= 0.6 is 0 Å². The molecular formula is C26H37N9. The summed E-state index contributed by atoms with van der Waals surface area (Å²) < 4.78 is 2.00. The van der Waals surface area contributed by atoms with Crippen LogP contribution in [-0.2, 0) is 0 Å². The molecule has 5 rings (SSSR count). The van der Waals surface area contributed by atoms with E-state index in [2.05, 4.69) is 66.8 Å². The molecule has 1 aliphatic heterocycles. The molecule has 35 heavy (non-hydrogen) atoms. The van der Waals surface area contributed by atoms with E-state index in [0.717, 1.165) is 54.6 Å². The number of aromatic nitrogens is 6. The van der Waals surface area contributed by atoms with Crippen LogP contribution in [0.3, 0.4) is 0 Å². The number of nitrogens with one attached hydrogen (secondary N) is 2. The number of rotatable bonds is 5. The zero-order valence-electron chi connectivity index (χ0n) is 21.4. The summed E-state index contributed by atoms with van der Waals surface area (Å²) in [6, 6.07) is 4.71. The van der Waals surface area contributed by atoms with E-state index in [0.29, 0.717) is 11.9 Å². The second-order valence-corrected chi connectivity index (χ2v) is 8.15. The van der Waals surface area contributed by atoms with Gasteiger partial charge in [0.2, 0.25) is 0 Å². The zero-order chi connectivity index (χ0) is 25.2. The topological polar surface area (TPSA) is 90.3 Å². The van der Waals surface area contributed by atoms with Gasteiger partial charge in [-0.25, -0.2) is 15.0 Å². The third-order valence-corrected chi connectivity index (χ3v) is 5.60. The van der Waals surface area contributed by atoms with Crippen LogP contribution in [0, 0.1) is 0 Å². The predicted octanol–water partition coefficient (Wildman–Crippen LogP) is 5.01. The minimum atomic E-state index is 0.596. The highest BCUT2D eigenvalue weighted by atomic mass is 15.3. The van der Waals surface area contributed by atoms with Crippen molar-refractivity contribution in [2.75, 3.05) is 36.4 Å². The van der Waals surface area contributed by atoms with Crippen LogP contribution in [0.15, 0.2) is 62.0 Å². The second kappa shape index (κ2) is 12.7. The van der Waals surface area contributed by atoms with E-state index in [1.165, 1.54) is 0 Å². The summed E-state index contributed by atoms with van der Waals surface area (Å²) in [6.45, 7) is 17.9. The van der Waals surface area contributed by atoms with Gasteiger partial charge in [0.05, 0.1) is 30.0 Å². The Kier molecular flexibility index (Phi) is 9.37. The Morgan fingerprint density at radius 1 is 1.03 bits per heavy atom. The number of H-pyrrole nitrogens is 1. The largest absolute Gasteiger partial charge is 0.354 e. The lowest BCUT2D eigenvalue weighted by Crippen LogP contribution is -2.49. The number of aromatic amines is 1. The summed E-state index contributed by atoms with van der Waals surface area (Å²) in [4.78, 5) is 18.6.